The fraction of sp³-hybridized carbons (Fsp3) is 0.214. The van der Waals surface area contributed by atoms with Crippen LogP contribution in [-0.4, -0.2) is 29.0 Å². The summed E-state index contributed by atoms with van der Waals surface area (Å²) in [7, 11) is 1.57. The molecular formula is C14H13ClN2O4. The molecule has 0 radical (unpaired) electrons. The standard InChI is InChI=1S/C14H13ClN2O4/c1-20-11-4-2-9(3-5-11)13(21-8-18)7-10-6-12(14(15)19)17-16-10/h2-6,8,13H,7H2,1H3,(H,16,17). The van der Waals surface area contributed by atoms with Crippen molar-refractivity contribution in [1.82, 2.24) is 10.2 Å². The number of carbonyl (C=O) groups excluding carboxylic acids is 2. The van der Waals surface area contributed by atoms with E-state index in [9.17, 15) is 9.59 Å². The van der Waals surface area contributed by atoms with Gasteiger partial charge in [-0.05, 0) is 35.4 Å². The molecule has 0 amide bonds. The Kier molecular flexibility index (Phi) is 4.94. The predicted molar refractivity (Wildman–Crippen MR) is 75.4 cm³/mol. The Bertz CT molecular complexity index is 624. The lowest BCUT2D eigenvalue weighted by Gasteiger charge is -2.14. The first kappa shape index (κ1) is 15.1. The molecule has 1 N–H and O–H groups in total. The molecular weight excluding hydrogens is 296 g/mol. The Labute approximate surface area is 126 Å². The van der Waals surface area contributed by atoms with Crippen LogP contribution in [0.1, 0.15) is 27.8 Å². The largest absolute Gasteiger partial charge is 0.497 e. The molecule has 0 spiro atoms. The molecule has 1 aromatic heterocycles. The van der Waals surface area contributed by atoms with Crippen LogP contribution < -0.4 is 4.74 Å². The highest BCUT2D eigenvalue weighted by molar-refractivity contribution is 6.67. The number of methoxy groups -OCH3 is 1. The lowest BCUT2D eigenvalue weighted by molar-refractivity contribution is -0.133. The molecule has 1 atom stereocenters. The van der Waals surface area contributed by atoms with E-state index in [1.165, 1.54) is 6.07 Å². The maximum Gasteiger partial charge on any atom is 0.293 e. The first-order chi connectivity index (χ1) is 10.1. The molecule has 6 nitrogen and oxygen atoms in total. The predicted octanol–water partition coefficient (Wildman–Crippen LogP) is 2.25. The molecule has 0 aliphatic rings. The van der Waals surface area contributed by atoms with Gasteiger partial charge in [-0.1, -0.05) is 12.1 Å². The Morgan fingerprint density at radius 2 is 2.14 bits per heavy atom. The summed E-state index contributed by atoms with van der Waals surface area (Å²) in [5, 5.41) is 5.88. The van der Waals surface area contributed by atoms with Crippen LogP contribution in [0.4, 0.5) is 0 Å². The third-order valence-corrected chi connectivity index (χ3v) is 3.15. The van der Waals surface area contributed by atoms with Gasteiger partial charge >= 0.3 is 0 Å². The molecule has 1 heterocycles. The highest BCUT2D eigenvalue weighted by Crippen LogP contribution is 2.23. The van der Waals surface area contributed by atoms with Crippen LogP contribution >= 0.6 is 11.6 Å². The molecule has 0 saturated heterocycles. The second-order valence-electron chi connectivity index (χ2n) is 4.24. The molecule has 21 heavy (non-hydrogen) atoms. The minimum atomic E-state index is -0.619. The van der Waals surface area contributed by atoms with Gasteiger partial charge in [-0.3, -0.25) is 14.7 Å². The number of nitrogens with one attached hydrogen (secondary N) is 1. The maximum absolute atomic E-state index is 11.0. The summed E-state index contributed by atoms with van der Waals surface area (Å²) in [5.74, 6) is 0.707. The zero-order valence-electron chi connectivity index (χ0n) is 11.2. The Morgan fingerprint density at radius 1 is 1.43 bits per heavy atom. The summed E-state index contributed by atoms with van der Waals surface area (Å²) < 4.78 is 10.2. The Morgan fingerprint density at radius 3 is 2.67 bits per heavy atom. The van der Waals surface area contributed by atoms with Gasteiger partial charge in [0, 0.05) is 6.42 Å². The molecule has 0 aliphatic heterocycles. The van der Waals surface area contributed by atoms with Crippen molar-refractivity contribution in [3.8, 4) is 5.75 Å². The number of halogens is 1. The molecule has 0 aliphatic carbocycles. The van der Waals surface area contributed by atoms with Gasteiger partial charge < -0.3 is 9.47 Å². The van der Waals surface area contributed by atoms with Gasteiger partial charge in [0.25, 0.3) is 11.7 Å². The van der Waals surface area contributed by atoms with Crippen molar-refractivity contribution in [2.75, 3.05) is 7.11 Å². The molecule has 0 bridgehead atoms. The molecule has 2 aromatic rings. The number of nitrogens with zero attached hydrogens (tertiary/aromatic N) is 1. The lowest BCUT2D eigenvalue weighted by atomic mass is 10.0. The van der Waals surface area contributed by atoms with E-state index >= 15 is 0 Å². The second-order valence-corrected chi connectivity index (χ2v) is 4.59. The molecule has 110 valence electrons. The van der Waals surface area contributed by atoms with E-state index in [0.29, 0.717) is 24.3 Å². The summed E-state index contributed by atoms with van der Waals surface area (Å²) in [4.78, 5) is 21.7. The van der Waals surface area contributed by atoms with Crippen LogP contribution in [0.25, 0.3) is 0 Å². The van der Waals surface area contributed by atoms with Gasteiger partial charge in [0.15, 0.2) is 0 Å². The molecule has 0 fully saturated rings. The van der Waals surface area contributed by atoms with Crippen molar-refractivity contribution in [3.05, 3.63) is 47.3 Å². The number of H-pyrrole nitrogens is 1. The lowest BCUT2D eigenvalue weighted by Crippen LogP contribution is -2.07. The van der Waals surface area contributed by atoms with Crippen LogP contribution in [0.15, 0.2) is 30.3 Å². The van der Waals surface area contributed by atoms with E-state index in [1.807, 2.05) is 0 Å². The van der Waals surface area contributed by atoms with Crippen molar-refractivity contribution in [2.45, 2.75) is 12.5 Å². The highest BCUT2D eigenvalue weighted by Gasteiger charge is 2.16. The topological polar surface area (TPSA) is 81.3 Å². The summed E-state index contributed by atoms with van der Waals surface area (Å²) >= 11 is 5.35. The van der Waals surface area contributed by atoms with Crippen LogP contribution in [-0.2, 0) is 16.0 Å². The maximum atomic E-state index is 11.0. The smallest absolute Gasteiger partial charge is 0.293 e. The summed E-state index contributed by atoms with van der Waals surface area (Å²) in [6.45, 7) is 0.384. The van der Waals surface area contributed by atoms with E-state index in [4.69, 9.17) is 21.1 Å². The van der Waals surface area contributed by atoms with Gasteiger partial charge in [0.05, 0.1) is 12.8 Å². The fourth-order valence-corrected chi connectivity index (χ4v) is 1.99. The molecule has 1 aromatic carbocycles. The van der Waals surface area contributed by atoms with Crippen LogP contribution in [0, 0.1) is 0 Å². The normalized spacial score (nSPS) is 11.7. The van der Waals surface area contributed by atoms with Gasteiger partial charge in [0.1, 0.15) is 17.5 Å². The number of hydrogen-bond donors (Lipinski definition) is 1. The summed E-state index contributed by atoms with van der Waals surface area (Å²) in [6.07, 6.45) is -0.180. The third-order valence-electron chi connectivity index (χ3n) is 2.94. The first-order valence-electron chi connectivity index (χ1n) is 6.11. The van der Waals surface area contributed by atoms with E-state index in [-0.39, 0.29) is 5.69 Å². The van der Waals surface area contributed by atoms with Crippen molar-refractivity contribution >= 4 is 23.3 Å². The number of hydrogen-bond acceptors (Lipinski definition) is 5. The monoisotopic (exact) mass is 308 g/mol. The molecule has 7 heteroatoms. The third kappa shape index (κ3) is 3.82. The minimum Gasteiger partial charge on any atom is -0.497 e. The number of benzene rings is 1. The quantitative estimate of drug-likeness (QED) is 0.626. The fourth-order valence-electron chi connectivity index (χ4n) is 1.89. The van der Waals surface area contributed by atoms with Gasteiger partial charge in [-0.25, -0.2) is 0 Å². The number of aromatic nitrogens is 2. The molecule has 1 unspecified atom stereocenters. The van der Waals surface area contributed by atoms with Crippen molar-refractivity contribution in [3.63, 3.8) is 0 Å². The zero-order valence-corrected chi connectivity index (χ0v) is 12.0. The second kappa shape index (κ2) is 6.90. The van der Waals surface area contributed by atoms with Crippen LogP contribution in [0.5, 0.6) is 5.75 Å². The average Bonchev–Trinajstić information content (AvgIpc) is 2.96. The first-order valence-corrected chi connectivity index (χ1v) is 6.49. The SMILES string of the molecule is COc1ccc(C(Cc2cc(C(=O)Cl)[nH]n2)OC=O)cc1. The van der Waals surface area contributed by atoms with Crippen molar-refractivity contribution in [2.24, 2.45) is 0 Å². The molecule has 0 saturated carbocycles. The molecule has 2 rings (SSSR count). The number of aromatic amines is 1. The summed E-state index contributed by atoms with van der Waals surface area (Å²) in [5.41, 5.74) is 1.57. The average molecular weight is 309 g/mol. The Hall–Kier alpha value is -2.34. The van der Waals surface area contributed by atoms with Crippen molar-refractivity contribution < 1.29 is 19.1 Å². The van der Waals surface area contributed by atoms with Gasteiger partial charge in [0.2, 0.25) is 0 Å². The zero-order chi connectivity index (χ0) is 15.2. The minimum absolute atomic E-state index is 0.200. The van der Waals surface area contributed by atoms with E-state index in [1.54, 1.807) is 31.4 Å². The van der Waals surface area contributed by atoms with E-state index in [2.05, 4.69) is 10.2 Å². The highest BCUT2D eigenvalue weighted by atomic mass is 35.5. The van der Waals surface area contributed by atoms with Crippen LogP contribution in [0.3, 0.4) is 0 Å². The van der Waals surface area contributed by atoms with E-state index in [0.717, 1.165) is 5.56 Å². The number of rotatable bonds is 7. The van der Waals surface area contributed by atoms with Gasteiger partial charge in [-0.15, -0.1) is 0 Å². The summed E-state index contributed by atoms with van der Waals surface area (Å²) in [6, 6.07) is 8.67. The Balaban J connectivity index is 2.17. The number of carbonyl (C=O) groups is 2. The van der Waals surface area contributed by atoms with E-state index < -0.39 is 11.3 Å². The van der Waals surface area contributed by atoms with Gasteiger partial charge in [-0.2, -0.15) is 5.10 Å². The van der Waals surface area contributed by atoms with Crippen molar-refractivity contribution in [1.29, 1.82) is 0 Å². The van der Waals surface area contributed by atoms with Crippen LogP contribution in [0.2, 0.25) is 0 Å². The number of ether oxygens (including phenoxy) is 2.